The number of hydrogen-bond donors (Lipinski definition) is 0. The summed E-state index contributed by atoms with van der Waals surface area (Å²) in [6.07, 6.45) is 4.33. The minimum absolute atomic E-state index is 0.0495. The molecule has 0 unspecified atom stereocenters. The van der Waals surface area contributed by atoms with Gasteiger partial charge in [0, 0.05) is 55.4 Å². The fourth-order valence-electron chi connectivity index (χ4n) is 4.09. The summed E-state index contributed by atoms with van der Waals surface area (Å²) in [5.41, 5.74) is 3.83. The Morgan fingerprint density at radius 3 is 2.55 bits per heavy atom. The van der Waals surface area contributed by atoms with Crippen molar-refractivity contribution < 1.29 is 9.59 Å². The third-order valence-electron chi connectivity index (χ3n) is 5.74. The lowest BCUT2D eigenvalue weighted by Gasteiger charge is -2.34. The van der Waals surface area contributed by atoms with Crippen molar-refractivity contribution in [1.82, 2.24) is 9.88 Å². The summed E-state index contributed by atoms with van der Waals surface area (Å²) >= 11 is 0. The molecule has 5 heteroatoms. The molecule has 148 valence electrons. The van der Waals surface area contributed by atoms with Gasteiger partial charge in [-0.05, 0) is 48.7 Å². The zero-order valence-corrected chi connectivity index (χ0v) is 16.6. The number of carbonyl (C=O) groups is 2. The molecule has 0 spiro atoms. The maximum Gasteiger partial charge on any atom is 0.225 e. The number of anilines is 1. The van der Waals surface area contributed by atoms with Gasteiger partial charge in [-0.25, -0.2) is 0 Å². The molecule has 0 bridgehead atoms. The molecular formula is C24H25N3O2. The van der Waals surface area contributed by atoms with E-state index in [1.165, 1.54) is 0 Å². The minimum Gasteiger partial charge on any atom is -0.371 e. The van der Waals surface area contributed by atoms with Gasteiger partial charge in [0.15, 0.2) is 0 Å². The molecule has 1 saturated heterocycles. The van der Waals surface area contributed by atoms with Crippen molar-refractivity contribution >= 4 is 28.8 Å². The smallest absolute Gasteiger partial charge is 0.225 e. The van der Waals surface area contributed by atoms with Gasteiger partial charge in [0.1, 0.15) is 6.29 Å². The fourth-order valence-corrected chi connectivity index (χ4v) is 4.09. The average Bonchev–Trinajstić information content (AvgIpc) is 2.79. The van der Waals surface area contributed by atoms with Gasteiger partial charge >= 0.3 is 0 Å². The van der Waals surface area contributed by atoms with Crippen molar-refractivity contribution in [1.29, 1.82) is 0 Å². The SMILES string of the molecule is CN(Cc1cccc2cccnc12)C(=O)C1CCN(c2ccc(C=O)cc2)CC1. The summed E-state index contributed by atoms with van der Waals surface area (Å²) in [4.78, 5) is 32.4. The van der Waals surface area contributed by atoms with Crippen LogP contribution in [0.3, 0.4) is 0 Å². The predicted octanol–water partition coefficient (Wildman–Crippen LogP) is 3.92. The molecule has 1 fully saturated rings. The van der Waals surface area contributed by atoms with Crippen molar-refractivity contribution in [2.45, 2.75) is 19.4 Å². The van der Waals surface area contributed by atoms with E-state index in [-0.39, 0.29) is 11.8 Å². The van der Waals surface area contributed by atoms with Crippen molar-refractivity contribution in [3.63, 3.8) is 0 Å². The van der Waals surface area contributed by atoms with Gasteiger partial charge in [0.05, 0.1) is 5.52 Å². The predicted molar refractivity (Wildman–Crippen MR) is 115 cm³/mol. The van der Waals surface area contributed by atoms with E-state index in [0.29, 0.717) is 12.1 Å². The Kier molecular flexibility index (Phi) is 5.56. The number of piperidine rings is 1. The van der Waals surface area contributed by atoms with Crippen LogP contribution in [0.4, 0.5) is 5.69 Å². The zero-order valence-electron chi connectivity index (χ0n) is 16.6. The van der Waals surface area contributed by atoms with Gasteiger partial charge in [-0.1, -0.05) is 24.3 Å². The van der Waals surface area contributed by atoms with Crippen molar-refractivity contribution in [3.8, 4) is 0 Å². The molecule has 1 aromatic heterocycles. The summed E-state index contributed by atoms with van der Waals surface area (Å²) in [5, 5.41) is 1.10. The summed E-state index contributed by atoms with van der Waals surface area (Å²) in [6, 6.07) is 17.7. The third-order valence-corrected chi connectivity index (χ3v) is 5.74. The van der Waals surface area contributed by atoms with Crippen LogP contribution in [0, 0.1) is 5.92 Å². The van der Waals surface area contributed by atoms with E-state index in [1.54, 1.807) is 6.20 Å². The van der Waals surface area contributed by atoms with Crippen molar-refractivity contribution in [2.24, 2.45) is 5.92 Å². The number of carbonyl (C=O) groups excluding carboxylic acids is 2. The number of amides is 1. The first-order chi connectivity index (χ1) is 14.2. The van der Waals surface area contributed by atoms with Gasteiger partial charge < -0.3 is 9.80 Å². The second kappa shape index (κ2) is 8.43. The number of rotatable bonds is 5. The first-order valence-electron chi connectivity index (χ1n) is 10.0. The summed E-state index contributed by atoms with van der Waals surface area (Å²) < 4.78 is 0. The number of hydrogen-bond acceptors (Lipinski definition) is 4. The molecule has 1 aliphatic heterocycles. The highest BCUT2D eigenvalue weighted by molar-refractivity contribution is 5.83. The Morgan fingerprint density at radius 2 is 1.83 bits per heavy atom. The Hall–Kier alpha value is -3.21. The molecule has 4 rings (SSSR count). The Balaban J connectivity index is 1.38. The molecule has 29 heavy (non-hydrogen) atoms. The number of benzene rings is 2. The molecule has 1 aliphatic rings. The van der Waals surface area contributed by atoms with Crippen molar-refractivity contribution in [3.05, 3.63) is 71.9 Å². The first-order valence-corrected chi connectivity index (χ1v) is 10.0. The van der Waals surface area contributed by atoms with Crippen LogP contribution < -0.4 is 4.90 Å². The summed E-state index contributed by atoms with van der Waals surface area (Å²) in [5.74, 6) is 0.252. The van der Waals surface area contributed by atoms with Gasteiger partial charge in [-0.3, -0.25) is 14.6 Å². The van der Waals surface area contributed by atoms with Crippen LogP contribution in [-0.2, 0) is 11.3 Å². The largest absolute Gasteiger partial charge is 0.371 e. The number of fused-ring (bicyclic) bond motifs is 1. The maximum absolute atomic E-state index is 13.0. The highest BCUT2D eigenvalue weighted by Gasteiger charge is 2.27. The van der Waals surface area contributed by atoms with E-state index in [4.69, 9.17) is 0 Å². The van der Waals surface area contributed by atoms with Crippen LogP contribution in [0.5, 0.6) is 0 Å². The molecule has 2 heterocycles. The number of nitrogens with zero attached hydrogens (tertiary/aromatic N) is 3. The minimum atomic E-state index is 0.0495. The Labute approximate surface area is 171 Å². The van der Waals surface area contributed by atoms with E-state index in [2.05, 4.69) is 9.88 Å². The molecule has 0 radical (unpaired) electrons. The number of pyridine rings is 1. The fraction of sp³-hybridized carbons (Fsp3) is 0.292. The van der Waals surface area contributed by atoms with Gasteiger partial charge in [0.2, 0.25) is 5.91 Å². The van der Waals surface area contributed by atoms with Gasteiger partial charge in [0.25, 0.3) is 0 Å². The maximum atomic E-state index is 13.0. The number of para-hydroxylation sites is 1. The second-order valence-electron chi connectivity index (χ2n) is 7.66. The summed E-state index contributed by atoms with van der Waals surface area (Å²) in [7, 11) is 1.88. The van der Waals surface area contributed by atoms with Crippen LogP contribution in [0.1, 0.15) is 28.8 Å². The lowest BCUT2D eigenvalue weighted by atomic mass is 9.94. The quantitative estimate of drug-likeness (QED) is 0.623. The third kappa shape index (κ3) is 4.14. The lowest BCUT2D eigenvalue weighted by molar-refractivity contribution is -0.135. The van der Waals surface area contributed by atoms with E-state index >= 15 is 0 Å². The monoisotopic (exact) mass is 387 g/mol. The van der Waals surface area contributed by atoms with Crippen LogP contribution in [-0.4, -0.2) is 42.2 Å². The average molecular weight is 387 g/mol. The highest BCUT2D eigenvalue weighted by atomic mass is 16.2. The van der Waals surface area contributed by atoms with Crippen molar-refractivity contribution in [2.75, 3.05) is 25.0 Å². The number of aldehydes is 1. The van der Waals surface area contributed by atoms with E-state index in [9.17, 15) is 9.59 Å². The van der Waals surface area contributed by atoms with Gasteiger partial charge in [-0.15, -0.1) is 0 Å². The molecule has 5 nitrogen and oxygen atoms in total. The summed E-state index contributed by atoms with van der Waals surface area (Å²) in [6.45, 7) is 2.27. The zero-order chi connectivity index (χ0) is 20.2. The molecule has 0 atom stereocenters. The lowest BCUT2D eigenvalue weighted by Crippen LogP contribution is -2.41. The Bertz CT molecular complexity index is 1000. The molecule has 0 N–H and O–H groups in total. The molecule has 1 amide bonds. The topological polar surface area (TPSA) is 53.5 Å². The van der Waals surface area contributed by atoms with Gasteiger partial charge in [-0.2, -0.15) is 0 Å². The van der Waals surface area contributed by atoms with Crippen LogP contribution >= 0.6 is 0 Å². The van der Waals surface area contributed by atoms with Crippen LogP contribution in [0.2, 0.25) is 0 Å². The normalized spacial score (nSPS) is 14.7. The highest BCUT2D eigenvalue weighted by Crippen LogP contribution is 2.25. The van der Waals surface area contributed by atoms with E-state index < -0.39 is 0 Å². The van der Waals surface area contributed by atoms with Crippen LogP contribution in [0.25, 0.3) is 10.9 Å². The molecular weight excluding hydrogens is 362 g/mol. The van der Waals surface area contributed by atoms with E-state index in [1.807, 2.05) is 66.5 Å². The Morgan fingerprint density at radius 1 is 1.10 bits per heavy atom. The van der Waals surface area contributed by atoms with E-state index in [0.717, 1.165) is 54.4 Å². The second-order valence-corrected chi connectivity index (χ2v) is 7.66. The first kappa shape index (κ1) is 19.1. The van der Waals surface area contributed by atoms with Crippen LogP contribution in [0.15, 0.2) is 60.8 Å². The standard InChI is InChI=1S/C24H25N3O2/c1-26(16-21-5-2-4-19-6-3-13-25-23(19)21)24(29)20-11-14-27(15-12-20)22-9-7-18(17-28)8-10-22/h2-10,13,17,20H,11-12,14-16H2,1H3. The molecule has 0 saturated carbocycles. The number of aromatic nitrogens is 1. The molecule has 0 aliphatic carbocycles. The molecule has 3 aromatic rings. The molecule has 2 aromatic carbocycles.